The van der Waals surface area contributed by atoms with Gasteiger partial charge in [0.1, 0.15) is 11.1 Å². The van der Waals surface area contributed by atoms with Crippen molar-refractivity contribution in [3.8, 4) is 10.8 Å². The molecule has 0 aromatic carbocycles. The van der Waals surface area contributed by atoms with Crippen LogP contribution < -0.4 is 5.32 Å². The number of nitrogens with zero attached hydrogens (tertiary/aromatic N) is 3. The number of aromatic nitrogens is 3. The van der Waals surface area contributed by atoms with E-state index in [4.69, 9.17) is 0 Å². The van der Waals surface area contributed by atoms with Gasteiger partial charge in [0.2, 0.25) is 5.92 Å². The normalized spacial score (nSPS) is 19.0. The predicted octanol–water partition coefficient (Wildman–Crippen LogP) is 4.00. The highest BCUT2D eigenvalue weighted by molar-refractivity contribution is 7.90. The Kier molecular flexibility index (Phi) is 5.49. The topological polar surface area (TPSA) is 84.8 Å². The molecule has 0 spiro atoms. The fourth-order valence-corrected chi connectivity index (χ4v) is 4.20. The molecular formula is C17H22F2N4O2S2. The average Bonchev–Trinajstić information content (AvgIpc) is 3.01. The summed E-state index contributed by atoms with van der Waals surface area (Å²) in [6.45, 7) is 3.42. The van der Waals surface area contributed by atoms with Gasteiger partial charge in [-0.25, -0.2) is 32.2 Å². The number of rotatable bonds is 5. The van der Waals surface area contributed by atoms with Crippen LogP contribution in [-0.2, 0) is 9.84 Å². The molecule has 10 heteroatoms. The zero-order chi connectivity index (χ0) is 19.8. The molecule has 1 aliphatic carbocycles. The molecule has 2 heterocycles. The first-order valence-corrected chi connectivity index (χ1v) is 11.5. The third-order valence-electron chi connectivity index (χ3n) is 4.68. The van der Waals surface area contributed by atoms with Crippen LogP contribution in [0, 0.1) is 6.92 Å². The average molecular weight is 417 g/mol. The number of hydrogen-bond donors (Lipinski definition) is 1. The minimum Gasteiger partial charge on any atom is -0.367 e. The van der Waals surface area contributed by atoms with Gasteiger partial charge in [-0.05, 0) is 26.7 Å². The molecule has 1 unspecified atom stereocenters. The van der Waals surface area contributed by atoms with E-state index in [2.05, 4.69) is 20.3 Å². The van der Waals surface area contributed by atoms with E-state index in [1.165, 1.54) is 11.3 Å². The van der Waals surface area contributed by atoms with E-state index in [9.17, 15) is 17.2 Å². The highest BCUT2D eigenvalue weighted by Gasteiger charge is 2.35. The molecule has 0 aliphatic heterocycles. The minimum atomic E-state index is -3.35. The molecule has 0 radical (unpaired) electrons. The maximum atomic E-state index is 13.4. The van der Waals surface area contributed by atoms with Crippen molar-refractivity contribution in [2.24, 2.45) is 0 Å². The summed E-state index contributed by atoms with van der Waals surface area (Å²) in [4.78, 5) is 13.2. The lowest BCUT2D eigenvalue weighted by atomic mass is 9.92. The summed E-state index contributed by atoms with van der Waals surface area (Å²) in [5, 5.41) is 4.82. The fraction of sp³-hybridized carbons (Fsp3) is 0.588. The van der Waals surface area contributed by atoms with Crippen molar-refractivity contribution in [1.82, 2.24) is 15.0 Å². The molecule has 2 aromatic rings. The molecule has 0 saturated heterocycles. The summed E-state index contributed by atoms with van der Waals surface area (Å²) in [7, 11) is -3.35. The van der Waals surface area contributed by atoms with Gasteiger partial charge in [-0.15, -0.1) is 11.3 Å². The van der Waals surface area contributed by atoms with Crippen molar-refractivity contribution in [3.63, 3.8) is 0 Å². The second kappa shape index (κ2) is 7.38. The van der Waals surface area contributed by atoms with Gasteiger partial charge in [0.25, 0.3) is 0 Å². The van der Waals surface area contributed by atoms with Gasteiger partial charge in [0, 0.05) is 42.3 Å². The molecule has 1 aliphatic rings. The number of hydrogen-bond acceptors (Lipinski definition) is 7. The summed E-state index contributed by atoms with van der Waals surface area (Å²) in [6.07, 6.45) is 1.49. The first-order valence-electron chi connectivity index (χ1n) is 8.68. The smallest absolute Gasteiger partial charge is 0.248 e. The van der Waals surface area contributed by atoms with Crippen LogP contribution in [-0.4, -0.2) is 41.6 Å². The van der Waals surface area contributed by atoms with Crippen LogP contribution in [0.4, 0.5) is 14.6 Å². The molecule has 1 saturated carbocycles. The largest absolute Gasteiger partial charge is 0.367 e. The monoisotopic (exact) mass is 416 g/mol. The molecule has 0 amide bonds. The lowest BCUT2D eigenvalue weighted by molar-refractivity contribution is -0.0361. The van der Waals surface area contributed by atoms with E-state index in [0.29, 0.717) is 35.2 Å². The van der Waals surface area contributed by atoms with Gasteiger partial charge in [-0.1, -0.05) is 0 Å². The van der Waals surface area contributed by atoms with Crippen molar-refractivity contribution < 1.29 is 17.2 Å². The van der Waals surface area contributed by atoms with Crippen molar-refractivity contribution in [2.75, 3.05) is 11.6 Å². The number of sulfone groups is 1. The molecular weight excluding hydrogens is 394 g/mol. The van der Waals surface area contributed by atoms with E-state index in [0.717, 1.165) is 11.9 Å². The number of thiazole rings is 1. The first-order chi connectivity index (χ1) is 12.5. The van der Waals surface area contributed by atoms with Crippen LogP contribution in [0.25, 0.3) is 10.8 Å². The third-order valence-corrected chi connectivity index (χ3v) is 7.17. The summed E-state index contributed by atoms with van der Waals surface area (Å²) in [5.74, 6) is -1.83. The van der Waals surface area contributed by atoms with Gasteiger partial charge in [-0.3, -0.25) is 0 Å². The zero-order valence-corrected chi connectivity index (χ0v) is 17.0. The van der Waals surface area contributed by atoms with Crippen LogP contribution >= 0.6 is 11.3 Å². The van der Waals surface area contributed by atoms with Gasteiger partial charge >= 0.3 is 0 Å². The van der Waals surface area contributed by atoms with E-state index < -0.39 is 21.0 Å². The zero-order valence-electron chi connectivity index (χ0n) is 15.4. The SMILES string of the molecule is Cc1csc(-c2nc(NC3CCC(F)(F)CC3)cc(C(C)S(C)(=O)=O)n2)n1. The maximum Gasteiger partial charge on any atom is 0.248 e. The Morgan fingerprint density at radius 3 is 2.48 bits per heavy atom. The Morgan fingerprint density at radius 1 is 1.26 bits per heavy atom. The Labute approximate surface area is 161 Å². The number of nitrogens with one attached hydrogen (secondary N) is 1. The molecule has 2 aromatic heterocycles. The minimum absolute atomic E-state index is 0.133. The van der Waals surface area contributed by atoms with Gasteiger partial charge in [-0.2, -0.15) is 0 Å². The van der Waals surface area contributed by atoms with E-state index in [1.54, 1.807) is 13.0 Å². The summed E-state index contributed by atoms with van der Waals surface area (Å²) in [6, 6.07) is 1.45. The number of aryl methyl sites for hydroxylation is 1. The molecule has 6 nitrogen and oxygen atoms in total. The second-order valence-electron chi connectivity index (χ2n) is 7.04. The summed E-state index contributed by atoms with van der Waals surface area (Å²) < 4.78 is 50.7. The number of halogens is 2. The van der Waals surface area contributed by atoms with Crippen LogP contribution in [0.2, 0.25) is 0 Å². The quantitative estimate of drug-likeness (QED) is 0.793. The van der Waals surface area contributed by atoms with E-state index in [1.807, 2.05) is 12.3 Å². The molecule has 1 N–H and O–H groups in total. The number of alkyl halides is 2. The van der Waals surface area contributed by atoms with Crippen LogP contribution in [0.5, 0.6) is 0 Å². The second-order valence-corrected chi connectivity index (χ2v) is 10.3. The standard InChI is InChI=1S/C17H22F2N4O2S2/c1-10-9-26-16(20-10)15-22-13(11(2)27(3,24)25)8-14(23-15)21-12-4-6-17(18,19)7-5-12/h8-9,11-12H,4-7H2,1-3H3,(H,21,22,23). The summed E-state index contributed by atoms with van der Waals surface area (Å²) >= 11 is 1.37. The lowest BCUT2D eigenvalue weighted by Gasteiger charge is -2.29. The van der Waals surface area contributed by atoms with Crippen molar-refractivity contribution >= 4 is 27.0 Å². The Balaban J connectivity index is 1.92. The maximum absolute atomic E-state index is 13.4. The van der Waals surface area contributed by atoms with E-state index >= 15 is 0 Å². The van der Waals surface area contributed by atoms with Crippen LogP contribution in [0.1, 0.15) is 49.2 Å². The van der Waals surface area contributed by atoms with E-state index in [-0.39, 0.29) is 18.9 Å². The van der Waals surface area contributed by atoms with Gasteiger partial charge < -0.3 is 5.32 Å². The van der Waals surface area contributed by atoms with Crippen molar-refractivity contribution in [1.29, 1.82) is 0 Å². The molecule has 3 rings (SSSR count). The Morgan fingerprint density at radius 2 is 1.93 bits per heavy atom. The van der Waals surface area contributed by atoms with Gasteiger partial charge in [0.15, 0.2) is 20.7 Å². The highest BCUT2D eigenvalue weighted by Crippen LogP contribution is 2.34. The number of anilines is 1. The Bertz CT molecular complexity index is 921. The predicted molar refractivity (Wildman–Crippen MR) is 102 cm³/mol. The summed E-state index contributed by atoms with van der Waals surface area (Å²) in [5.41, 5.74) is 1.18. The molecule has 1 fully saturated rings. The highest BCUT2D eigenvalue weighted by atomic mass is 32.2. The molecule has 1 atom stereocenters. The van der Waals surface area contributed by atoms with Crippen LogP contribution in [0.15, 0.2) is 11.4 Å². The first kappa shape index (κ1) is 20.1. The van der Waals surface area contributed by atoms with Crippen molar-refractivity contribution in [3.05, 3.63) is 22.8 Å². The molecule has 27 heavy (non-hydrogen) atoms. The fourth-order valence-electron chi connectivity index (χ4n) is 2.91. The molecule has 148 valence electrons. The molecule has 0 bridgehead atoms. The van der Waals surface area contributed by atoms with Crippen molar-refractivity contribution in [2.45, 2.75) is 56.7 Å². The van der Waals surface area contributed by atoms with Gasteiger partial charge in [0.05, 0.1) is 5.69 Å². The van der Waals surface area contributed by atoms with Crippen LogP contribution in [0.3, 0.4) is 0 Å². The third kappa shape index (κ3) is 4.98. The lowest BCUT2D eigenvalue weighted by Crippen LogP contribution is -2.32. The Hall–Kier alpha value is -1.68.